The van der Waals surface area contributed by atoms with Gasteiger partial charge in [0, 0.05) is 19.2 Å². The smallest absolute Gasteiger partial charge is 0.326 e. The maximum Gasteiger partial charge on any atom is 0.326 e. The molecule has 0 fully saturated rings. The van der Waals surface area contributed by atoms with Crippen molar-refractivity contribution in [3.63, 3.8) is 0 Å². The van der Waals surface area contributed by atoms with Crippen LogP contribution >= 0.6 is 12.2 Å². The van der Waals surface area contributed by atoms with Gasteiger partial charge in [-0.1, -0.05) is 64.1 Å². The molecule has 0 amide bonds. The van der Waals surface area contributed by atoms with E-state index in [4.69, 9.17) is 17.0 Å². The molecule has 0 saturated heterocycles. The van der Waals surface area contributed by atoms with Crippen LogP contribution in [0.25, 0.3) is 0 Å². The van der Waals surface area contributed by atoms with E-state index in [1.807, 2.05) is 6.92 Å². The minimum Gasteiger partial charge on any atom is -0.466 e. The Balaban J connectivity index is 1.89. The van der Waals surface area contributed by atoms with E-state index in [2.05, 4.69) is 4.98 Å². The first-order valence-electron chi connectivity index (χ1n) is 9.09. The van der Waals surface area contributed by atoms with Gasteiger partial charge in [0.05, 0.1) is 6.61 Å². The maximum absolute atomic E-state index is 11.6. The van der Waals surface area contributed by atoms with Crippen LogP contribution in [0.2, 0.25) is 0 Å². The molecule has 1 N–H and O–H groups in total. The molecule has 0 radical (unpaired) electrons. The van der Waals surface area contributed by atoms with E-state index in [0.717, 1.165) is 32.2 Å². The summed E-state index contributed by atoms with van der Waals surface area (Å²) in [6, 6.07) is 1.75. The number of aryl methyl sites for hydroxylation is 1. The Kier molecular flexibility index (Phi) is 11.1. The average Bonchev–Trinajstić information content (AvgIpc) is 2.57. The van der Waals surface area contributed by atoms with Gasteiger partial charge in [-0.3, -0.25) is 9.78 Å². The zero-order valence-electron chi connectivity index (χ0n) is 14.7. The molecule has 0 aliphatic carbocycles. The fourth-order valence-corrected chi connectivity index (χ4v) is 2.68. The van der Waals surface area contributed by atoms with Crippen LogP contribution in [0.1, 0.15) is 71.1 Å². The van der Waals surface area contributed by atoms with Crippen LogP contribution in [0.4, 0.5) is 0 Å². The van der Waals surface area contributed by atoms with Gasteiger partial charge in [0.15, 0.2) is 0 Å². The highest BCUT2D eigenvalue weighted by atomic mass is 32.1. The number of nitrogens with zero attached hydrogens (tertiary/aromatic N) is 1. The molecule has 1 aromatic heterocycles. The zero-order chi connectivity index (χ0) is 17.6. The van der Waals surface area contributed by atoms with Crippen molar-refractivity contribution in [2.45, 2.75) is 77.7 Å². The second kappa shape index (κ2) is 12.9. The second-order valence-electron chi connectivity index (χ2n) is 6.06. The summed E-state index contributed by atoms with van der Waals surface area (Å²) < 4.78 is 7.21. The van der Waals surface area contributed by atoms with Crippen LogP contribution < -0.4 is 5.69 Å². The van der Waals surface area contributed by atoms with Crippen molar-refractivity contribution in [3.8, 4) is 0 Å². The third-order valence-electron chi connectivity index (χ3n) is 3.99. The molecule has 1 rings (SSSR count). The number of carbonyl (C=O) groups excluding carboxylic acids is 1. The number of aromatic nitrogens is 2. The molecule has 24 heavy (non-hydrogen) atoms. The number of carbonyl (C=O) groups is 1. The Labute approximate surface area is 149 Å². The number of rotatable bonds is 13. The Morgan fingerprint density at radius 1 is 1.08 bits per heavy atom. The minimum absolute atomic E-state index is 0.102. The summed E-state index contributed by atoms with van der Waals surface area (Å²) in [5.74, 6) is -0.102. The number of H-pyrrole nitrogens is 1. The van der Waals surface area contributed by atoms with E-state index in [0.29, 0.717) is 17.7 Å². The van der Waals surface area contributed by atoms with Gasteiger partial charge in [0.25, 0.3) is 0 Å². The van der Waals surface area contributed by atoms with Crippen molar-refractivity contribution in [1.82, 2.24) is 9.55 Å². The first-order valence-corrected chi connectivity index (χ1v) is 9.49. The van der Waals surface area contributed by atoms with Gasteiger partial charge in [-0.05, 0) is 18.9 Å². The number of aromatic amines is 1. The molecule has 0 saturated carbocycles. The van der Waals surface area contributed by atoms with Crippen LogP contribution in [-0.4, -0.2) is 22.1 Å². The van der Waals surface area contributed by atoms with Gasteiger partial charge in [-0.25, -0.2) is 4.79 Å². The molecule has 0 aliphatic heterocycles. The number of ether oxygens (including phenoxy) is 1. The van der Waals surface area contributed by atoms with Gasteiger partial charge in [-0.2, -0.15) is 0 Å². The first-order chi connectivity index (χ1) is 11.6. The van der Waals surface area contributed by atoms with Crippen LogP contribution in [-0.2, 0) is 16.1 Å². The van der Waals surface area contributed by atoms with Gasteiger partial charge < -0.3 is 9.30 Å². The number of hydrogen-bond donors (Lipinski definition) is 1. The molecule has 0 spiro atoms. The first kappa shape index (κ1) is 20.6. The molecule has 0 aliphatic rings. The Bertz CT molecular complexity index is 580. The van der Waals surface area contributed by atoms with E-state index in [9.17, 15) is 9.59 Å². The van der Waals surface area contributed by atoms with Gasteiger partial charge in [0.2, 0.25) is 0 Å². The van der Waals surface area contributed by atoms with E-state index in [1.54, 1.807) is 16.8 Å². The third kappa shape index (κ3) is 9.65. The molecule has 0 atom stereocenters. The number of unbranched alkanes of at least 4 members (excludes halogenated alkanes) is 8. The number of hydrogen-bond acceptors (Lipinski definition) is 4. The molecule has 136 valence electrons. The predicted molar refractivity (Wildman–Crippen MR) is 98.7 cm³/mol. The van der Waals surface area contributed by atoms with Gasteiger partial charge in [-0.15, -0.1) is 0 Å². The molecule has 0 aromatic carbocycles. The summed E-state index contributed by atoms with van der Waals surface area (Å²) >= 11 is 4.91. The maximum atomic E-state index is 11.6. The Morgan fingerprint density at radius 2 is 1.67 bits per heavy atom. The van der Waals surface area contributed by atoms with E-state index in [1.165, 1.54) is 32.1 Å². The quantitative estimate of drug-likeness (QED) is 0.324. The van der Waals surface area contributed by atoms with Crippen molar-refractivity contribution >= 4 is 18.2 Å². The normalized spacial score (nSPS) is 10.7. The summed E-state index contributed by atoms with van der Waals surface area (Å²) in [5, 5.41) is 0. The van der Waals surface area contributed by atoms with Gasteiger partial charge >= 0.3 is 11.7 Å². The summed E-state index contributed by atoms with van der Waals surface area (Å²) in [7, 11) is 0. The average molecular weight is 355 g/mol. The molecular formula is C18H30N2O3S. The Hall–Kier alpha value is -1.43. The highest BCUT2D eigenvalue weighted by Crippen LogP contribution is 2.10. The van der Waals surface area contributed by atoms with Crippen LogP contribution in [0.3, 0.4) is 0 Å². The fourth-order valence-electron chi connectivity index (χ4n) is 2.53. The predicted octanol–water partition coefficient (Wildman–Crippen LogP) is 4.37. The topological polar surface area (TPSA) is 64.1 Å². The van der Waals surface area contributed by atoms with Crippen molar-refractivity contribution in [3.05, 3.63) is 27.4 Å². The third-order valence-corrected chi connectivity index (χ3v) is 4.23. The fraction of sp³-hybridized carbons (Fsp3) is 0.722. The molecule has 5 nitrogen and oxygen atoms in total. The monoisotopic (exact) mass is 354 g/mol. The standard InChI is InChI=1S/C18H30N2O3S/c1-2-17(21)23-15-11-9-7-5-3-4-6-8-10-13-20-14-12-16(24)19-18(20)22/h12,14H,2-11,13,15H2,1H3,(H,19,22,24). The molecule has 1 heterocycles. The summed E-state index contributed by atoms with van der Waals surface area (Å²) in [4.78, 5) is 25.2. The highest BCUT2D eigenvalue weighted by molar-refractivity contribution is 7.71. The summed E-state index contributed by atoms with van der Waals surface area (Å²) in [6.07, 6.45) is 12.7. The van der Waals surface area contributed by atoms with Crippen LogP contribution in [0.15, 0.2) is 17.1 Å². The molecule has 0 unspecified atom stereocenters. The number of esters is 1. The molecule has 1 aromatic rings. The molecular weight excluding hydrogens is 324 g/mol. The van der Waals surface area contributed by atoms with Crippen LogP contribution in [0, 0.1) is 4.64 Å². The number of nitrogens with one attached hydrogen (secondary N) is 1. The van der Waals surface area contributed by atoms with Crippen molar-refractivity contribution in [2.75, 3.05) is 6.61 Å². The molecule has 6 heteroatoms. The largest absolute Gasteiger partial charge is 0.466 e. The van der Waals surface area contributed by atoms with Gasteiger partial charge in [0.1, 0.15) is 4.64 Å². The summed E-state index contributed by atoms with van der Waals surface area (Å²) in [5.41, 5.74) is -0.118. The van der Waals surface area contributed by atoms with E-state index in [-0.39, 0.29) is 11.7 Å². The lowest BCUT2D eigenvalue weighted by Gasteiger charge is -2.05. The Morgan fingerprint density at radius 3 is 2.25 bits per heavy atom. The minimum atomic E-state index is -0.118. The van der Waals surface area contributed by atoms with E-state index < -0.39 is 0 Å². The van der Waals surface area contributed by atoms with Crippen molar-refractivity contribution in [2.24, 2.45) is 0 Å². The SMILES string of the molecule is CCC(=O)OCCCCCCCCCCCn1ccc(=S)[nH]c1=O. The lowest BCUT2D eigenvalue weighted by atomic mass is 10.1. The highest BCUT2D eigenvalue weighted by Gasteiger charge is 1.98. The molecule has 0 bridgehead atoms. The van der Waals surface area contributed by atoms with Crippen molar-refractivity contribution in [1.29, 1.82) is 0 Å². The second-order valence-corrected chi connectivity index (χ2v) is 6.50. The summed E-state index contributed by atoms with van der Waals surface area (Å²) in [6.45, 7) is 3.13. The zero-order valence-corrected chi connectivity index (χ0v) is 15.5. The lowest BCUT2D eigenvalue weighted by molar-refractivity contribution is -0.143. The lowest BCUT2D eigenvalue weighted by Crippen LogP contribution is -2.22. The van der Waals surface area contributed by atoms with Crippen LogP contribution in [0.5, 0.6) is 0 Å². The van der Waals surface area contributed by atoms with Crippen molar-refractivity contribution < 1.29 is 9.53 Å². The van der Waals surface area contributed by atoms with E-state index >= 15 is 0 Å².